The Morgan fingerprint density at radius 2 is 2.00 bits per heavy atom. The molecule has 2 amide bonds. The second-order valence-corrected chi connectivity index (χ2v) is 6.17. The lowest BCUT2D eigenvalue weighted by Gasteiger charge is -2.34. The van der Waals surface area contributed by atoms with Crippen LogP contribution < -0.4 is 5.32 Å². The van der Waals surface area contributed by atoms with Gasteiger partial charge in [0.2, 0.25) is 0 Å². The number of amides is 2. The number of rotatable bonds is 7. The average molecular weight is 286 g/mol. The van der Waals surface area contributed by atoms with Gasteiger partial charge in [0.05, 0.1) is 6.61 Å². The van der Waals surface area contributed by atoms with Crippen LogP contribution in [0, 0.1) is 11.8 Å². The number of ether oxygens (including phenoxy) is 1. The number of nitrogens with one attached hydrogen (secondary N) is 1. The Morgan fingerprint density at radius 1 is 1.35 bits per heavy atom. The summed E-state index contributed by atoms with van der Waals surface area (Å²) < 4.78 is 5.44. The van der Waals surface area contributed by atoms with Crippen LogP contribution in [0.3, 0.4) is 0 Å². The van der Waals surface area contributed by atoms with E-state index in [0.717, 1.165) is 32.3 Å². The number of aliphatic hydroxyl groups excluding tert-OH is 1. The summed E-state index contributed by atoms with van der Waals surface area (Å²) in [5, 5.41) is 12.0. The summed E-state index contributed by atoms with van der Waals surface area (Å²) in [6.07, 6.45) is 3.99. The quantitative estimate of drug-likeness (QED) is 0.702. The van der Waals surface area contributed by atoms with Gasteiger partial charge in [-0.2, -0.15) is 0 Å². The molecule has 0 radical (unpaired) electrons. The van der Waals surface area contributed by atoms with Gasteiger partial charge in [0.15, 0.2) is 0 Å². The van der Waals surface area contributed by atoms with Crippen molar-refractivity contribution < 1.29 is 14.6 Å². The molecule has 1 fully saturated rings. The van der Waals surface area contributed by atoms with E-state index in [1.54, 1.807) is 4.90 Å². The third-order valence-electron chi connectivity index (χ3n) is 3.92. The van der Waals surface area contributed by atoms with Crippen molar-refractivity contribution in [2.24, 2.45) is 11.8 Å². The van der Waals surface area contributed by atoms with Crippen LogP contribution in [0.15, 0.2) is 0 Å². The lowest BCUT2D eigenvalue weighted by molar-refractivity contribution is 0.108. The first-order valence-corrected chi connectivity index (χ1v) is 7.73. The minimum Gasteiger partial charge on any atom is -0.396 e. The second kappa shape index (κ2) is 9.19. The molecule has 2 N–H and O–H groups in total. The molecule has 0 aromatic heterocycles. The van der Waals surface area contributed by atoms with Gasteiger partial charge in [-0.1, -0.05) is 13.8 Å². The molecule has 5 heteroatoms. The maximum Gasteiger partial charge on any atom is 0.317 e. The molecule has 0 aromatic rings. The summed E-state index contributed by atoms with van der Waals surface area (Å²) in [7, 11) is 1.86. The number of nitrogens with zero attached hydrogens (tertiary/aromatic N) is 1. The highest BCUT2D eigenvalue weighted by Gasteiger charge is 2.25. The van der Waals surface area contributed by atoms with Crippen molar-refractivity contribution in [1.29, 1.82) is 0 Å². The van der Waals surface area contributed by atoms with Crippen molar-refractivity contribution in [2.75, 3.05) is 33.4 Å². The number of urea groups is 1. The molecular formula is C15H30N2O3. The van der Waals surface area contributed by atoms with E-state index >= 15 is 0 Å². The minimum atomic E-state index is -0.0226. The van der Waals surface area contributed by atoms with Gasteiger partial charge >= 0.3 is 6.03 Å². The normalized spacial score (nSPS) is 22.9. The van der Waals surface area contributed by atoms with E-state index in [2.05, 4.69) is 19.2 Å². The smallest absolute Gasteiger partial charge is 0.317 e. The maximum atomic E-state index is 12.0. The molecule has 0 saturated heterocycles. The summed E-state index contributed by atoms with van der Waals surface area (Å²) in [6.45, 7) is 6.34. The third-order valence-corrected chi connectivity index (χ3v) is 3.92. The van der Waals surface area contributed by atoms with Crippen molar-refractivity contribution in [2.45, 2.75) is 45.6 Å². The zero-order valence-electron chi connectivity index (χ0n) is 13.1. The van der Waals surface area contributed by atoms with E-state index in [-0.39, 0.29) is 12.6 Å². The minimum absolute atomic E-state index is 0.0226. The molecule has 0 aromatic carbocycles. The van der Waals surface area contributed by atoms with E-state index in [0.29, 0.717) is 31.0 Å². The van der Waals surface area contributed by atoms with Gasteiger partial charge in [-0.3, -0.25) is 0 Å². The van der Waals surface area contributed by atoms with E-state index < -0.39 is 0 Å². The number of aliphatic hydroxyl groups is 1. The Bertz CT molecular complexity index is 276. The Morgan fingerprint density at radius 3 is 2.55 bits per heavy atom. The SMILES string of the molecule is CC(C)COCCNC(=O)N(C)C1CCC(CO)CC1. The Balaban J connectivity index is 2.16. The monoisotopic (exact) mass is 286 g/mol. The predicted octanol–water partition coefficient (Wildman–Crippen LogP) is 1.85. The summed E-state index contributed by atoms with van der Waals surface area (Å²) in [6, 6.07) is 0.278. The third kappa shape index (κ3) is 6.09. The number of carbonyl (C=O) groups is 1. The van der Waals surface area contributed by atoms with E-state index in [1.807, 2.05) is 7.05 Å². The highest BCUT2D eigenvalue weighted by Crippen LogP contribution is 2.26. The van der Waals surface area contributed by atoms with Crippen LogP contribution in [0.2, 0.25) is 0 Å². The van der Waals surface area contributed by atoms with Gasteiger partial charge in [0, 0.05) is 32.8 Å². The molecule has 1 aliphatic carbocycles. The first-order valence-electron chi connectivity index (χ1n) is 7.73. The van der Waals surface area contributed by atoms with Crippen molar-refractivity contribution in [3.63, 3.8) is 0 Å². The van der Waals surface area contributed by atoms with Gasteiger partial charge in [0.25, 0.3) is 0 Å². The summed E-state index contributed by atoms with van der Waals surface area (Å²) >= 11 is 0. The van der Waals surface area contributed by atoms with Crippen LogP contribution >= 0.6 is 0 Å². The molecule has 0 heterocycles. The molecule has 0 atom stereocenters. The Kier molecular flexibility index (Phi) is 7.92. The predicted molar refractivity (Wildman–Crippen MR) is 79.7 cm³/mol. The van der Waals surface area contributed by atoms with Crippen molar-refractivity contribution in [1.82, 2.24) is 10.2 Å². The molecule has 0 bridgehead atoms. The zero-order chi connectivity index (χ0) is 15.0. The van der Waals surface area contributed by atoms with Crippen molar-refractivity contribution >= 4 is 6.03 Å². The first kappa shape index (κ1) is 17.2. The summed E-state index contributed by atoms with van der Waals surface area (Å²) in [5.41, 5.74) is 0. The molecule has 5 nitrogen and oxygen atoms in total. The molecular weight excluding hydrogens is 256 g/mol. The van der Waals surface area contributed by atoms with Gasteiger partial charge in [-0.25, -0.2) is 4.79 Å². The van der Waals surface area contributed by atoms with Crippen molar-refractivity contribution in [3.05, 3.63) is 0 Å². The highest BCUT2D eigenvalue weighted by atomic mass is 16.5. The lowest BCUT2D eigenvalue weighted by Crippen LogP contribution is -2.46. The fourth-order valence-electron chi connectivity index (χ4n) is 2.55. The van der Waals surface area contributed by atoms with Crippen LogP contribution in [0.5, 0.6) is 0 Å². The molecule has 0 unspecified atom stereocenters. The van der Waals surface area contributed by atoms with Crippen LogP contribution in [-0.4, -0.2) is 55.5 Å². The van der Waals surface area contributed by atoms with E-state index in [4.69, 9.17) is 9.84 Å². The fraction of sp³-hybridized carbons (Fsp3) is 0.933. The highest BCUT2D eigenvalue weighted by molar-refractivity contribution is 5.74. The van der Waals surface area contributed by atoms with Gasteiger partial charge in [0.1, 0.15) is 0 Å². The zero-order valence-corrected chi connectivity index (χ0v) is 13.1. The van der Waals surface area contributed by atoms with Crippen molar-refractivity contribution in [3.8, 4) is 0 Å². The topological polar surface area (TPSA) is 61.8 Å². The van der Waals surface area contributed by atoms with E-state index in [1.165, 1.54) is 0 Å². The molecule has 118 valence electrons. The second-order valence-electron chi connectivity index (χ2n) is 6.17. The molecule has 0 spiro atoms. The fourth-order valence-corrected chi connectivity index (χ4v) is 2.55. The van der Waals surface area contributed by atoms with Gasteiger partial charge in [-0.15, -0.1) is 0 Å². The maximum absolute atomic E-state index is 12.0. The number of hydrogen-bond acceptors (Lipinski definition) is 3. The molecule has 0 aliphatic heterocycles. The lowest BCUT2D eigenvalue weighted by atomic mass is 9.86. The van der Waals surface area contributed by atoms with Crippen LogP contribution in [-0.2, 0) is 4.74 Å². The van der Waals surface area contributed by atoms with Gasteiger partial charge in [-0.05, 0) is 37.5 Å². The van der Waals surface area contributed by atoms with Crippen LogP contribution in [0.1, 0.15) is 39.5 Å². The first-order chi connectivity index (χ1) is 9.54. The molecule has 1 aliphatic rings. The van der Waals surface area contributed by atoms with E-state index in [9.17, 15) is 4.79 Å². The Hall–Kier alpha value is -0.810. The number of hydrogen-bond donors (Lipinski definition) is 2. The largest absolute Gasteiger partial charge is 0.396 e. The standard InChI is InChI=1S/C15H30N2O3/c1-12(2)11-20-9-8-16-15(19)17(3)14-6-4-13(10-18)5-7-14/h12-14,18H,4-11H2,1-3H3,(H,16,19). The van der Waals surface area contributed by atoms with Crippen LogP contribution in [0.4, 0.5) is 4.79 Å². The number of carbonyl (C=O) groups excluding carboxylic acids is 1. The molecule has 1 saturated carbocycles. The van der Waals surface area contributed by atoms with Gasteiger partial charge < -0.3 is 20.1 Å². The summed E-state index contributed by atoms with van der Waals surface area (Å²) in [4.78, 5) is 13.8. The summed E-state index contributed by atoms with van der Waals surface area (Å²) in [5.74, 6) is 0.947. The Labute approximate surface area is 122 Å². The van der Waals surface area contributed by atoms with Crippen LogP contribution in [0.25, 0.3) is 0 Å². The molecule has 20 heavy (non-hydrogen) atoms. The molecule has 1 rings (SSSR count). The average Bonchev–Trinajstić information content (AvgIpc) is 2.45.